The third kappa shape index (κ3) is 22.4. The van der Waals surface area contributed by atoms with Crippen LogP contribution in [0.2, 0.25) is 0 Å². The van der Waals surface area contributed by atoms with Gasteiger partial charge in [-0.15, -0.1) is 0 Å². The monoisotopic (exact) mass is 1970 g/mol. The molecule has 142 heavy (non-hydrogen) atoms. The van der Waals surface area contributed by atoms with Crippen molar-refractivity contribution in [2.24, 2.45) is 0 Å². The van der Waals surface area contributed by atoms with Gasteiger partial charge in [0.2, 0.25) is 41.1 Å². The number of esters is 10. The molecule has 49 heteroatoms. The number of rotatable bonds is 27. The Morgan fingerprint density at radius 3 is 0.817 bits per heavy atom. The van der Waals surface area contributed by atoms with Crippen LogP contribution in [0.15, 0.2) is 176 Å². The van der Waals surface area contributed by atoms with E-state index in [1.54, 1.807) is 0 Å². The van der Waals surface area contributed by atoms with E-state index < -0.39 is 331 Å². The van der Waals surface area contributed by atoms with Crippen LogP contribution < -0.4 is 23.7 Å². The number of hydrogen-bond donors (Lipinski definition) is 25. The lowest BCUT2D eigenvalue weighted by Gasteiger charge is -2.43. The summed E-state index contributed by atoms with van der Waals surface area (Å²) in [6.07, 6.45) is -13.2. The molecule has 6 atom stereocenters. The molecular weight excluding hydrogens is 1900 g/mol. The van der Waals surface area contributed by atoms with Gasteiger partial charge in [0.15, 0.2) is 156 Å². The maximum Gasteiger partial charge on any atom is 0.343 e. The number of carbonyl (C=O) groups is 10. The quantitative estimate of drug-likeness (QED) is 0.0101. The lowest BCUT2D eigenvalue weighted by Crippen LogP contribution is -2.63. The molecular formula is C93H74N2O47. The summed E-state index contributed by atoms with van der Waals surface area (Å²) in [7, 11) is 4.09. The molecule has 1 saturated heterocycles. The Morgan fingerprint density at radius 1 is 0.296 bits per heavy atom. The molecule has 49 nitrogen and oxygen atoms in total. The van der Waals surface area contributed by atoms with Crippen molar-refractivity contribution < 1.29 is 232 Å². The molecule has 0 bridgehead atoms. The molecule has 0 saturated carbocycles. The van der Waals surface area contributed by atoms with Gasteiger partial charge in [0, 0.05) is 12.7 Å². The highest BCUT2D eigenvalue weighted by Crippen LogP contribution is 2.49. The zero-order valence-corrected chi connectivity index (χ0v) is 72.3. The van der Waals surface area contributed by atoms with Crippen LogP contribution in [0.1, 0.15) is 122 Å². The van der Waals surface area contributed by atoms with Gasteiger partial charge in [-0.1, -0.05) is 36.4 Å². The first-order valence-corrected chi connectivity index (χ1v) is 40.1. The van der Waals surface area contributed by atoms with Gasteiger partial charge >= 0.3 is 59.7 Å². The number of ether oxygens (including phenoxy) is 12. The fourth-order valence-electron chi connectivity index (χ4n) is 13.0. The Kier molecular flexibility index (Phi) is 29.6. The number of phenols is 25. The summed E-state index contributed by atoms with van der Waals surface area (Å²) in [5, 5.41) is 261. The van der Waals surface area contributed by atoms with E-state index in [1.807, 2.05) is 56.7 Å². The second-order valence-corrected chi connectivity index (χ2v) is 30.4. The van der Waals surface area contributed by atoms with E-state index in [0.717, 1.165) is 17.8 Å². The first-order valence-electron chi connectivity index (χ1n) is 40.1. The van der Waals surface area contributed by atoms with Crippen LogP contribution in [0.4, 0.5) is 0 Å². The van der Waals surface area contributed by atoms with Crippen LogP contribution in [0.3, 0.4) is 0 Å². The normalized spacial score (nSPS) is 14.6. The van der Waals surface area contributed by atoms with Crippen LogP contribution in [0.5, 0.6) is 172 Å². The molecule has 0 amide bonds. The van der Waals surface area contributed by atoms with Crippen LogP contribution in [0, 0.1) is 0 Å². The van der Waals surface area contributed by atoms with E-state index in [0.29, 0.717) is 128 Å². The summed E-state index contributed by atoms with van der Waals surface area (Å²) in [6, 6.07) is 24.8. The first kappa shape index (κ1) is 101. The molecule has 738 valence electrons. The second kappa shape index (κ2) is 41.6. The molecule has 0 radical (unpaired) electrons. The van der Waals surface area contributed by atoms with Crippen LogP contribution in [-0.2, 0) is 38.8 Å². The number of aromatic hydroxyl groups is 25. The number of nitrogens with zero attached hydrogens (tertiary/aromatic N) is 2. The molecule has 0 spiro atoms. The zero-order chi connectivity index (χ0) is 104. The maximum absolute atomic E-state index is 15.3. The molecule has 25 N–H and O–H groups in total. The van der Waals surface area contributed by atoms with E-state index >= 15 is 14.4 Å². The highest BCUT2D eigenvalue weighted by Gasteiger charge is 2.55. The van der Waals surface area contributed by atoms with E-state index in [1.165, 1.54) is 0 Å². The number of hydrogen-bond acceptors (Lipinski definition) is 49. The van der Waals surface area contributed by atoms with E-state index in [-0.39, 0.29) is 0 Å². The van der Waals surface area contributed by atoms with E-state index in [9.17, 15) is 161 Å². The summed E-state index contributed by atoms with van der Waals surface area (Å²) in [5.41, 5.74) is -8.35. The Balaban J connectivity index is 0.000000797. The highest BCUT2D eigenvalue weighted by molar-refractivity contribution is 6.00. The fourth-order valence-corrected chi connectivity index (χ4v) is 13.0. The highest BCUT2D eigenvalue weighted by atomic mass is 16.8. The Labute approximate surface area is 791 Å². The molecule has 12 aromatic rings. The van der Waals surface area contributed by atoms with Gasteiger partial charge in [-0.05, 0) is 160 Å². The maximum atomic E-state index is 15.3. The third-order valence-corrected chi connectivity index (χ3v) is 20.3. The number of carbonyl (C=O) groups excluding carboxylic acids is 10. The lowest BCUT2D eigenvalue weighted by atomic mass is 9.91. The average Bonchev–Trinajstić information content (AvgIpc) is 0.790. The Hall–Kier alpha value is -19.8. The molecule has 11 aromatic carbocycles. The number of benzene rings is 11. The molecule has 0 aliphatic carbocycles. The van der Waals surface area contributed by atoms with Crippen molar-refractivity contribution in [1.29, 1.82) is 0 Å². The van der Waals surface area contributed by atoms with Crippen LogP contribution >= 0.6 is 0 Å². The van der Waals surface area contributed by atoms with Gasteiger partial charge in [0.25, 0.3) is 0 Å². The summed E-state index contributed by atoms with van der Waals surface area (Å²) < 4.78 is 66.6. The minimum atomic E-state index is -3.12. The molecule has 13 rings (SSSR count). The van der Waals surface area contributed by atoms with Crippen molar-refractivity contribution in [2.75, 3.05) is 33.9 Å². The van der Waals surface area contributed by atoms with Gasteiger partial charge in [0.05, 0.1) is 67.9 Å². The molecule has 2 heterocycles. The van der Waals surface area contributed by atoms with Crippen molar-refractivity contribution in [3.8, 4) is 172 Å². The lowest BCUT2D eigenvalue weighted by molar-refractivity contribution is -0.282. The van der Waals surface area contributed by atoms with Crippen molar-refractivity contribution in [1.82, 2.24) is 9.88 Å². The minimum absolute atomic E-state index is 0.295. The summed E-state index contributed by atoms with van der Waals surface area (Å²) in [5.74, 6) is -56.0. The predicted octanol–water partition coefficient (Wildman–Crippen LogP) is 7.76. The van der Waals surface area contributed by atoms with Gasteiger partial charge in [0.1, 0.15) is 18.3 Å². The smallest absolute Gasteiger partial charge is 0.343 e. The third-order valence-electron chi connectivity index (χ3n) is 20.3. The number of aromatic nitrogens is 1. The van der Waals surface area contributed by atoms with Crippen LogP contribution in [0.25, 0.3) is 0 Å². The molecule has 1 unspecified atom stereocenters. The number of pyridine rings is 1. The number of phenolic OH excluding ortho intramolecular Hbond substituents is 25. The second-order valence-electron chi connectivity index (χ2n) is 30.4. The average molecular weight is 1970 g/mol. The van der Waals surface area contributed by atoms with Crippen LogP contribution in [-0.4, -0.2) is 262 Å². The summed E-state index contributed by atoms with van der Waals surface area (Å²) >= 11 is 0. The fraction of sp³-hybridized carbons (Fsp3) is 0.129. The van der Waals surface area contributed by atoms with Crippen molar-refractivity contribution in [3.05, 3.63) is 243 Å². The molecule has 1 aromatic heterocycles. The Morgan fingerprint density at radius 2 is 0.542 bits per heavy atom. The predicted molar refractivity (Wildman–Crippen MR) is 464 cm³/mol. The van der Waals surface area contributed by atoms with E-state index in [2.05, 4.69) is 28.9 Å². The van der Waals surface area contributed by atoms with E-state index in [4.69, 9.17) is 56.8 Å². The van der Waals surface area contributed by atoms with Gasteiger partial charge in [-0.25, -0.2) is 47.9 Å². The van der Waals surface area contributed by atoms with Crippen molar-refractivity contribution >= 4 is 59.7 Å². The van der Waals surface area contributed by atoms with Gasteiger partial charge < -0.3 is 189 Å². The number of likely N-dealkylation sites (N-methyl/N-ethyl adjacent to an activating group) is 1. The van der Waals surface area contributed by atoms with Crippen molar-refractivity contribution in [2.45, 2.75) is 43.2 Å². The van der Waals surface area contributed by atoms with Gasteiger partial charge in [-0.3, -0.25) is 4.98 Å². The molecule has 1 fully saturated rings. The first-order chi connectivity index (χ1) is 67.0. The topological polar surface area (TPSA) is 803 Å². The summed E-state index contributed by atoms with van der Waals surface area (Å²) in [4.78, 5) is 149. The zero-order valence-electron chi connectivity index (χ0n) is 72.3. The molecule has 1 aliphatic rings. The van der Waals surface area contributed by atoms with Crippen molar-refractivity contribution in [3.63, 3.8) is 0 Å². The minimum Gasteiger partial charge on any atom is -0.504 e. The largest absolute Gasteiger partial charge is 0.504 e. The molecule has 1 aliphatic heterocycles. The van der Waals surface area contributed by atoms with Gasteiger partial charge in [-0.2, -0.15) is 0 Å². The SMILES string of the molecule is CN(C)CCOC(C)(c1ccccc1)c1ccccn1.O=C(OC[C@H]1O[C@@H](OC(=O)c2cc(O)c(O)c(OC(=O)c3cc(O)c(O)c(O)c3)c2)[C@H](OC(=O)c2cc(O)c(O)c(OC(=O)c3cc(O)c(O)c(O)c3)c2)[C@@H](OC(=O)c2cc(O)c(O)c(OC(=O)c3cc(O)c(O)c(O)c3)c2)[C@@H]1OC(=O)c1cc(O)c(O)c(OC(=O)c2cc(O)c(O)c(O)c2)c1)c1cc(O)c(O)c(OC(=O)c2cc(O)c(O)c(O)c2)c1. The standard InChI is InChI=1S/C76H52O46.C17H22N2O/c77-32-1-22(2-33(78)53(32)92)67(103)113-47-16-27(11-42(87)58(47)97)66(102)112-21-52-63(119-72(108)28-12-43(88)59(98)48(17-28)114-68(104)23-3-34(79)54(93)35(80)4-23)64(120-73(109)29-13-44(89)60(99)49(18-29)115-69(105)24-5-36(81)55(94)37(82)6-24)65(121-74(110)30-14-45(90)61(100)50(19-30)116-70(106)25-7-38(83)56(95)39(84)8-25)76(118-52)122-75(111)31-15-46(91)62(101)51(20-31)117-71(107)26-9-40(85)57(96)41(86)10-26;1-17(20-14-13-19(2)3,15-9-5-4-6-10-15)16-11-7-8-12-18-16/h1-20,52,63-65,76-101H,21H2;4-12H,13-14H2,1-3H3/t52-,63-,64+,65-,76+;/m1./s1. The summed E-state index contributed by atoms with van der Waals surface area (Å²) in [6.45, 7) is 1.92. The Bertz CT molecular complexity index is 6890.